The van der Waals surface area contributed by atoms with Gasteiger partial charge in [0.25, 0.3) is 0 Å². The normalized spacial score (nSPS) is 11.4. The Labute approximate surface area is 213 Å². The van der Waals surface area contributed by atoms with Gasteiger partial charge in [-0.25, -0.2) is 0 Å². The monoisotopic (exact) mass is 479 g/mol. The fourth-order valence-corrected chi connectivity index (χ4v) is 4.88. The Morgan fingerprint density at radius 2 is 1.51 bits per heavy atom. The van der Waals surface area contributed by atoms with Crippen LogP contribution in [0.2, 0.25) is 0 Å². The second-order valence-corrected chi connectivity index (χ2v) is 9.68. The summed E-state index contributed by atoms with van der Waals surface area (Å²) < 4.78 is 0. The second-order valence-electron chi connectivity index (χ2n) is 8.51. The molecule has 0 amide bonds. The van der Waals surface area contributed by atoms with Crippen molar-refractivity contribution < 1.29 is 0 Å². The van der Waals surface area contributed by atoms with Crippen LogP contribution >= 0.6 is 11.8 Å². The number of pyridine rings is 2. The molecule has 1 N–H and O–H groups in total. The predicted molar refractivity (Wildman–Crippen MR) is 152 cm³/mol. The molecule has 0 saturated carbocycles. The Bertz CT molecular complexity index is 1230. The summed E-state index contributed by atoms with van der Waals surface area (Å²) in [5.41, 5.74) is 7.43. The van der Waals surface area contributed by atoms with E-state index in [0.717, 1.165) is 22.6 Å². The first-order valence-corrected chi connectivity index (χ1v) is 13.4. The van der Waals surface area contributed by atoms with Crippen LogP contribution < -0.4 is 5.32 Å². The molecule has 0 saturated heterocycles. The molecule has 35 heavy (non-hydrogen) atoms. The molecule has 2 aromatic heterocycles. The van der Waals surface area contributed by atoms with Crippen molar-refractivity contribution in [2.75, 3.05) is 18.1 Å². The SMILES string of the molecule is CCCCCCSc1ccc(/C(=C/c2ccnc(-c3cc(NC)ccn3)c2)c2ccccc2)cc1. The van der Waals surface area contributed by atoms with E-state index >= 15 is 0 Å². The number of unbranched alkanes of at least 4 members (excludes halogenated alkanes) is 3. The van der Waals surface area contributed by atoms with Gasteiger partial charge in [0, 0.05) is 30.0 Å². The zero-order valence-electron chi connectivity index (χ0n) is 20.6. The van der Waals surface area contributed by atoms with Crippen molar-refractivity contribution in [3.05, 3.63) is 108 Å². The van der Waals surface area contributed by atoms with Crippen molar-refractivity contribution in [3.63, 3.8) is 0 Å². The van der Waals surface area contributed by atoms with E-state index in [4.69, 9.17) is 0 Å². The fraction of sp³-hybridized carbons (Fsp3) is 0.226. The maximum absolute atomic E-state index is 4.57. The Balaban J connectivity index is 1.61. The lowest BCUT2D eigenvalue weighted by Crippen LogP contribution is -1.93. The summed E-state index contributed by atoms with van der Waals surface area (Å²) in [6.45, 7) is 2.26. The van der Waals surface area contributed by atoms with Crippen molar-refractivity contribution in [2.24, 2.45) is 0 Å². The predicted octanol–water partition coefficient (Wildman–Crippen LogP) is 8.45. The number of nitrogens with zero attached hydrogens (tertiary/aromatic N) is 2. The topological polar surface area (TPSA) is 37.8 Å². The molecule has 4 aromatic rings. The minimum atomic E-state index is 0.855. The summed E-state index contributed by atoms with van der Waals surface area (Å²) in [5.74, 6) is 1.18. The van der Waals surface area contributed by atoms with E-state index in [1.165, 1.54) is 53.0 Å². The number of benzene rings is 2. The number of hydrogen-bond acceptors (Lipinski definition) is 4. The molecule has 178 valence electrons. The van der Waals surface area contributed by atoms with Gasteiger partial charge in [0.15, 0.2) is 0 Å². The van der Waals surface area contributed by atoms with Gasteiger partial charge in [-0.1, -0.05) is 68.7 Å². The lowest BCUT2D eigenvalue weighted by Gasteiger charge is -2.11. The van der Waals surface area contributed by atoms with Crippen LogP contribution in [-0.2, 0) is 0 Å². The van der Waals surface area contributed by atoms with Crippen LogP contribution in [0.1, 0.15) is 49.3 Å². The molecule has 0 radical (unpaired) electrons. The third-order valence-corrected chi connectivity index (χ3v) is 7.02. The number of thioether (sulfide) groups is 1. The van der Waals surface area contributed by atoms with Crippen molar-refractivity contribution in [3.8, 4) is 11.4 Å². The van der Waals surface area contributed by atoms with E-state index in [1.807, 2.05) is 43.3 Å². The molecular formula is C31H33N3S. The molecule has 0 aliphatic rings. The minimum Gasteiger partial charge on any atom is -0.388 e. The molecule has 2 aromatic carbocycles. The van der Waals surface area contributed by atoms with Crippen LogP contribution in [0.25, 0.3) is 23.0 Å². The van der Waals surface area contributed by atoms with E-state index < -0.39 is 0 Å². The highest BCUT2D eigenvalue weighted by Crippen LogP contribution is 2.29. The van der Waals surface area contributed by atoms with Gasteiger partial charge in [-0.05, 0) is 76.9 Å². The summed E-state index contributed by atoms with van der Waals surface area (Å²) >= 11 is 1.95. The van der Waals surface area contributed by atoms with Gasteiger partial charge in [-0.3, -0.25) is 9.97 Å². The fourth-order valence-electron chi connectivity index (χ4n) is 3.97. The van der Waals surface area contributed by atoms with Gasteiger partial charge >= 0.3 is 0 Å². The highest BCUT2D eigenvalue weighted by molar-refractivity contribution is 7.99. The van der Waals surface area contributed by atoms with E-state index in [-0.39, 0.29) is 0 Å². The highest BCUT2D eigenvalue weighted by Gasteiger charge is 2.08. The average Bonchev–Trinajstić information content (AvgIpc) is 2.93. The van der Waals surface area contributed by atoms with Crippen LogP contribution in [0, 0.1) is 0 Å². The summed E-state index contributed by atoms with van der Waals surface area (Å²) in [6, 6.07) is 27.7. The lowest BCUT2D eigenvalue weighted by atomic mass is 9.96. The maximum Gasteiger partial charge on any atom is 0.0906 e. The van der Waals surface area contributed by atoms with Gasteiger partial charge in [-0.15, -0.1) is 11.8 Å². The molecule has 0 aliphatic heterocycles. The largest absolute Gasteiger partial charge is 0.388 e. The molecule has 0 bridgehead atoms. The molecule has 3 nitrogen and oxygen atoms in total. The minimum absolute atomic E-state index is 0.855. The zero-order chi connectivity index (χ0) is 24.3. The Hall–Kier alpha value is -3.37. The number of aromatic nitrogens is 2. The molecule has 0 spiro atoms. The van der Waals surface area contributed by atoms with Crippen molar-refractivity contribution in [2.45, 2.75) is 37.5 Å². The molecule has 4 heteroatoms. The Morgan fingerprint density at radius 1 is 0.800 bits per heavy atom. The van der Waals surface area contributed by atoms with E-state index in [0.29, 0.717) is 0 Å². The van der Waals surface area contributed by atoms with Gasteiger partial charge in [0.2, 0.25) is 0 Å². The Kier molecular flexibility index (Phi) is 9.13. The molecule has 0 aliphatic carbocycles. The molecule has 0 unspecified atom stereocenters. The first-order valence-electron chi connectivity index (χ1n) is 12.4. The van der Waals surface area contributed by atoms with Crippen molar-refractivity contribution >= 4 is 29.1 Å². The van der Waals surface area contributed by atoms with Crippen LogP contribution in [0.5, 0.6) is 0 Å². The smallest absolute Gasteiger partial charge is 0.0906 e. The highest BCUT2D eigenvalue weighted by atomic mass is 32.2. The molecule has 2 heterocycles. The van der Waals surface area contributed by atoms with E-state index in [2.05, 4.69) is 95.0 Å². The van der Waals surface area contributed by atoms with Gasteiger partial charge < -0.3 is 5.32 Å². The van der Waals surface area contributed by atoms with Gasteiger partial charge in [0.1, 0.15) is 0 Å². The number of hydrogen-bond donors (Lipinski definition) is 1. The van der Waals surface area contributed by atoms with Gasteiger partial charge in [0.05, 0.1) is 11.4 Å². The lowest BCUT2D eigenvalue weighted by molar-refractivity contribution is 0.706. The number of rotatable bonds is 11. The van der Waals surface area contributed by atoms with E-state index in [1.54, 1.807) is 0 Å². The summed E-state index contributed by atoms with van der Waals surface area (Å²) in [5, 5.41) is 3.17. The molecule has 0 fully saturated rings. The molecule has 4 rings (SSSR count). The standard InChI is InChI=1S/C31H33N3S/c1-3-4-5-9-20-35-28-14-12-26(13-15-28)29(25-10-7-6-8-11-25)21-24-16-18-33-30(22-24)31-23-27(32-2)17-19-34-31/h6-8,10-19,21-23H,3-5,9,20H2,1-2H3,(H,32,34)/b29-21+. The van der Waals surface area contributed by atoms with Crippen molar-refractivity contribution in [1.82, 2.24) is 9.97 Å². The zero-order valence-corrected chi connectivity index (χ0v) is 21.4. The van der Waals surface area contributed by atoms with Crippen LogP contribution in [0.4, 0.5) is 5.69 Å². The average molecular weight is 480 g/mol. The third-order valence-electron chi connectivity index (χ3n) is 5.92. The quantitative estimate of drug-likeness (QED) is 0.173. The van der Waals surface area contributed by atoms with E-state index in [9.17, 15) is 0 Å². The number of anilines is 1. The van der Waals surface area contributed by atoms with Gasteiger partial charge in [-0.2, -0.15) is 0 Å². The summed E-state index contributed by atoms with van der Waals surface area (Å²) in [6.07, 6.45) is 11.1. The van der Waals surface area contributed by atoms with Crippen LogP contribution in [0.3, 0.4) is 0 Å². The number of nitrogens with one attached hydrogen (secondary N) is 1. The second kappa shape index (κ2) is 12.9. The summed E-state index contributed by atoms with van der Waals surface area (Å²) in [4.78, 5) is 10.4. The molecule has 0 atom stereocenters. The molecular weight excluding hydrogens is 446 g/mol. The Morgan fingerprint density at radius 3 is 2.26 bits per heavy atom. The summed E-state index contributed by atoms with van der Waals surface area (Å²) in [7, 11) is 1.91. The first-order chi connectivity index (χ1) is 17.3. The van der Waals surface area contributed by atoms with Crippen LogP contribution in [-0.4, -0.2) is 22.8 Å². The third kappa shape index (κ3) is 7.06. The maximum atomic E-state index is 4.57. The van der Waals surface area contributed by atoms with Crippen molar-refractivity contribution in [1.29, 1.82) is 0 Å². The first kappa shape index (κ1) is 24.7. The van der Waals surface area contributed by atoms with Crippen LogP contribution in [0.15, 0.2) is 96.2 Å².